The van der Waals surface area contributed by atoms with E-state index in [2.05, 4.69) is 15.9 Å². The molecule has 26 heavy (non-hydrogen) atoms. The molecule has 4 nitrogen and oxygen atoms in total. The van der Waals surface area contributed by atoms with Crippen molar-refractivity contribution in [1.29, 1.82) is 0 Å². The molecule has 0 bridgehead atoms. The van der Waals surface area contributed by atoms with Crippen LogP contribution in [0.25, 0.3) is 0 Å². The Balaban J connectivity index is 1.80. The van der Waals surface area contributed by atoms with Crippen LogP contribution in [-0.4, -0.2) is 29.3 Å². The Labute approximate surface area is 162 Å². The third-order valence-corrected chi connectivity index (χ3v) is 5.66. The van der Waals surface area contributed by atoms with Gasteiger partial charge in [-0.05, 0) is 43.0 Å². The highest BCUT2D eigenvalue weighted by Gasteiger charge is 2.43. The van der Waals surface area contributed by atoms with Crippen molar-refractivity contribution in [2.75, 3.05) is 13.2 Å². The maximum Gasteiger partial charge on any atom is 0.411 e. The van der Waals surface area contributed by atoms with Gasteiger partial charge in [0, 0.05) is 24.0 Å². The van der Waals surface area contributed by atoms with Gasteiger partial charge < -0.3 is 14.7 Å². The van der Waals surface area contributed by atoms with E-state index >= 15 is 0 Å². The lowest BCUT2D eigenvalue weighted by atomic mass is 9.84. The van der Waals surface area contributed by atoms with Crippen LogP contribution in [0.2, 0.25) is 0 Å². The summed E-state index contributed by atoms with van der Waals surface area (Å²) in [6, 6.07) is 17.8. The second-order valence-corrected chi connectivity index (χ2v) is 7.64. The van der Waals surface area contributed by atoms with Crippen molar-refractivity contribution in [3.05, 3.63) is 70.2 Å². The van der Waals surface area contributed by atoms with Crippen molar-refractivity contribution in [2.24, 2.45) is 0 Å². The van der Waals surface area contributed by atoms with Gasteiger partial charge in [-0.15, -0.1) is 0 Å². The number of rotatable bonds is 6. The number of hydrogen-bond acceptors (Lipinski definition) is 3. The van der Waals surface area contributed by atoms with Gasteiger partial charge in [0.1, 0.15) is 5.60 Å². The molecule has 0 aromatic heterocycles. The van der Waals surface area contributed by atoms with E-state index in [4.69, 9.17) is 4.74 Å². The van der Waals surface area contributed by atoms with Crippen LogP contribution in [0.3, 0.4) is 0 Å². The van der Waals surface area contributed by atoms with Crippen molar-refractivity contribution in [3.8, 4) is 0 Å². The summed E-state index contributed by atoms with van der Waals surface area (Å²) in [6.07, 6.45) is 1.64. The first-order valence-corrected chi connectivity index (χ1v) is 9.76. The summed E-state index contributed by atoms with van der Waals surface area (Å²) in [5.74, 6) is 0. The van der Waals surface area contributed by atoms with Crippen LogP contribution in [0.4, 0.5) is 4.79 Å². The van der Waals surface area contributed by atoms with E-state index < -0.39 is 5.60 Å². The Morgan fingerprint density at radius 3 is 2.50 bits per heavy atom. The number of benzene rings is 2. The van der Waals surface area contributed by atoms with Crippen LogP contribution in [0.15, 0.2) is 59.1 Å². The van der Waals surface area contributed by atoms with Crippen molar-refractivity contribution >= 4 is 22.0 Å². The number of cyclic esters (lactones) is 1. The molecule has 1 unspecified atom stereocenters. The smallest absolute Gasteiger partial charge is 0.411 e. The Bertz CT molecular complexity index is 735. The number of halogens is 1. The minimum absolute atomic E-state index is 0.0535. The molecule has 2 aromatic carbocycles. The molecular formula is C21H24BrNO3. The van der Waals surface area contributed by atoms with Crippen LogP contribution in [0.5, 0.6) is 0 Å². The SMILES string of the molecule is CC(c1ccc(Br)cc1)N1CC[C@](CCCO)(c2ccccc2)OC1=O. The first-order valence-electron chi connectivity index (χ1n) is 8.97. The molecule has 0 radical (unpaired) electrons. The van der Waals surface area contributed by atoms with Crippen molar-refractivity contribution in [3.63, 3.8) is 0 Å². The van der Waals surface area contributed by atoms with E-state index in [0.717, 1.165) is 15.6 Å². The van der Waals surface area contributed by atoms with E-state index in [9.17, 15) is 9.90 Å². The van der Waals surface area contributed by atoms with Gasteiger partial charge in [-0.2, -0.15) is 0 Å². The molecule has 2 aromatic rings. The summed E-state index contributed by atoms with van der Waals surface area (Å²) in [5.41, 5.74) is 1.42. The van der Waals surface area contributed by atoms with Gasteiger partial charge >= 0.3 is 6.09 Å². The third kappa shape index (κ3) is 3.94. The lowest BCUT2D eigenvalue weighted by molar-refractivity contribution is -0.0680. The fraction of sp³-hybridized carbons (Fsp3) is 0.381. The largest absolute Gasteiger partial charge is 0.438 e. The predicted molar refractivity (Wildman–Crippen MR) is 105 cm³/mol. The van der Waals surface area contributed by atoms with Gasteiger partial charge in [0.05, 0.1) is 6.04 Å². The molecule has 1 aliphatic heterocycles. The Morgan fingerprint density at radius 1 is 1.19 bits per heavy atom. The van der Waals surface area contributed by atoms with Crippen molar-refractivity contribution < 1.29 is 14.6 Å². The molecular weight excluding hydrogens is 394 g/mol. The molecule has 1 heterocycles. The van der Waals surface area contributed by atoms with Crippen LogP contribution < -0.4 is 0 Å². The summed E-state index contributed by atoms with van der Waals surface area (Å²) >= 11 is 3.44. The van der Waals surface area contributed by atoms with Crippen molar-refractivity contribution in [2.45, 2.75) is 37.8 Å². The number of aliphatic hydroxyl groups excluding tert-OH is 1. The topological polar surface area (TPSA) is 49.8 Å². The summed E-state index contributed by atoms with van der Waals surface area (Å²) in [5, 5.41) is 9.28. The monoisotopic (exact) mass is 417 g/mol. The molecule has 1 saturated heterocycles. The average Bonchev–Trinajstić information content (AvgIpc) is 2.67. The number of ether oxygens (including phenoxy) is 1. The molecule has 2 atom stereocenters. The second-order valence-electron chi connectivity index (χ2n) is 6.73. The number of nitrogens with zero attached hydrogens (tertiary/aromatic N) is 1. The van der Waals surface area contributed by atoms with Gasteiger partial charge in [-0.3, -0.25) is 0 Å². The number of carbonyl (C=O) groups excluding carboxylic acids is 1. The van der Waals surface area contributed by atoms with E-state index in [1.807, 2.05) is 61.5 Å². The number of carbonyl (C=O) groups is 1. The van der Waals surface area contributed by atoms with Crippen LogP contribution in [-0.2, 0) is 10.3 Å². The Hall–Kier alpha value is -1.85. The summed E-state index contributed by atoms with van der Waals surface area (Å²) < 4.78 is 7.02. The van der Waals surface area contributed by atoms with Crippen molar-refractivity contribution in [1.82, 2.24) is 4.90 Å². The summed E-state index contributed by atoms with van der Waals surface area (Å²) in [7, 11) is 0. The zero-order chi connectivity index (χ0) is 18.6. The lowest BCUT2D eigenvalue weighted by Gasteiger charge is -2.43. The molecule has 1 N–H and O–H groups in total. The van der Waals surface area contributed by atoms with E-state index in [1.165, 1.54) is 0 Å². The second kappa shape index (κ2) is 8.23. The molecule has 0 spiro atoms. The van der Waals surface area contributed by atoms with E-state index in [1.54, 1.807) is 4.90 Å². The van der Waals surface area contributed by atoms with Gasteiger partial charge in [-0.1, -0.05) is 58.4 Å². The summed E-state index contributed by atoms with van der Waals surface area (Å²) in [4.78, 5) is 14.6. The zero-order valence-corrected chi connectivity index (χ0v) is 16.5. The van der Waals surface area contributed by atoms with Crippen LogP contribution >= 0.6 is 15.9 Å². The van der Waals surface area contributed by atoms with E-state index in [0.29, 0.717) is 25.8 Å². The molecule has 138 valence electrons. The standard InChI is InChI=1S/C21H24BrNO3/c1-16(17-8-10-19(22)11-9-17)23-14-13-21(12-5-15-24,26-20(23)25)18-6-3-2-4-7-18/h2-4,6-11,16,24H,5,12-15H2,1H3/t16?,21-/m1/s1. The number of aliphatic hydroxyl groups is 1. The van der Waals surface area contributed by atoms with Crippen LogP contribution in [0.1, 0.15) is 43.4 Å². The fourth-order valence-corrected chi connectivity index (χ4v) is 3.84. The summed E-state index contributed by atoms with van der Waals surface area (Å²) in [6.45, 7) is 2.73. The van der Waals surface area contributed by atoms with E-state index in [-0.39, 0.29) is 18.7 Å². The third-order valence-electron chi connectivity index (χ3n) is 5.13. The first-order chi connectivity index (χ1) is 12.6. The highest BCUT2D eigenvalue weighted by Crippen LogP contribution is 2.40. The quantitative estimate of drug-likeness (QED) is 0.717. The average molecular weight is 418 g/mol. The van der Waals surface area contributed by atoms with Gasteiger partial charge in [-0.25, -0.2) is 4.79 Å². The molecule has 5 heteroatoms. The molecule has 1 amide bonds. The Morgan fingerprint density at radius 2 is 1.88 bits per heavy atom. The number of hydrogen-bond donors (Lipinski definition) is 1. The minimum Gasteiger partial charge on any atom is -0.438 e. The highest BCUT2D eigenvalue weighted by molar-refractivity contribution is 9.10. The normalized spacial score (nSPS) is 21.3. The zero-order valence-electron chi connectivity index (χ0n) is 14.9. The molecule has 1 aliphatic rings. The van der Waals surface area contributed by atoms with Gasteiger partial charge in [0.2, 0.25) is 0 Å². The Kier molecular flexibility index (Phi) is 5.99. The highest BCUT2D eigenvalue weighted by atomic mass is 79.9. The molecule has 1 fully saturated rings. The first kappa shape index (κ1) is 18.9. The molecule has 3 rings (SSSR count). The van der Waals surface area contributed by atoms with Crippen LogP contribution in [0, 0.1) is 0 Å². The predicted octanol–water partition coefficient (Wildman–Crippen LogP) is 5.02. The van der Waals surface area contributed by atoms with Gasteiger partial charge in [0.15, 0.2) is 0 Å². The molecule has 0 saturated carbocycles. The van der Waals surface area contributed by atoms with Gasteiger partial charge in [0.25, 0.3) is 0 Å². The fourth-order valence-electron chi connectivity index (χ4n) is 3.57. The number of amides is 1. The maximum absolute atomic E-state index is 12.9. The maximum atomic E-state index is 12.9. The molecule has 0 aliphatic carbocycles. The lowest BCUT2D eigenvalue weighted by Crippen LogP contribution is -2.48. The minimum atomic E-state index is -0.656.